The average Bonchev–Trinajstić information content (AvgIpc) is 2.91. The number of benzene rings is 3. The maximum absolute atomic E-state index is 14.1. The van der Waals surface area contributed by atoms with Gasteiger partial charge in [0.25, 0.3) is 0 Å². The van der Waals surface area contributed by atoms with E-state index in [-0.39, 0.29) is 5.82 Å². The van der Waals surface area contributed by atoms with Gasteiger partial charge in [-0.05, 0) is 30.3 Å². The lowest BCUT2D eigenvalue weighted by Crippen LogP contribution is -2.11. The zero-order valence-electron chi connectivity index (χ0n) is 12.8. The third-order valence-corrected chi connectivity index (χ3v) is 4.26. The van der Waals surface area contributed by atoms with Crippen LogP contribution in [0.4, 0.5) is 4.39 Å². The van der Waals surface area contributed by atoms with Crippen LogP contribution in [0.1, 0.15) is 15.9 Å². The Balaban J connectivity index is 2.06. The highest BCUT2D eigenvalue weighted by atomic mass is 19.1. The molecule has 0 spiro atoms. The molecule has 0 fully saturated rings. The summed E-state index contributed by atoms with van der Waals surface area (Å²) in [5, 5.41) is 1.58. The summed E-state index contributed by atoms with van der Waals surface area (Å²) in [5.74, 6) is -0.735. The number of carbonyl (C=O) groups is 1. The van der Waals surface area contributed by atoms with Gasteiger partial charge < -0.3 is 10.3 Å². The van der Waals surface area contributed by atoms with E-state index in [0.717, 1.165) is 21.8 Å². The zero-order chi connectivity index (χ0) is 16.7. The van der Waals surface area contributed by atoms with Crippen LogP contribution in [0.5, 0.6) is 0 Å². The number of primary amides is 1. The molecule has 4 heteroatoms. The van der Waals surface area contributed by atoms with Gasteiger partial charge in [0.1, 0.15) is 5.82 Å². The van der Waals surface area contributed by atoms with Crippen LogP contribution in [0.15, 0.2) is 60.7 Å². The van der Waals surface area contributed by atoms with Crippen molar-refractivity contribution in [1.29, 1.82) is 0 Å². The van der Waals surface area contributed by atoms with Gasteiger partial charge in [0.05, 0.1) is 17.6 Å². The smallest absolute Gasteiger partial charge is 0.249 e. The minimum absolute atomic E-state index is 0.251. The van der Waals surface area contributed by atoms with Gasteiger partial charge in [0.15, 0.2) is 0 Å². The quantitative estimate of drug-likeness (QED) is 0.612. The number of rotatable bonds is 3. The van der Waals surface area contributed by atoms with Gasteiger partial charge in [-0.15, -0.1) is 0 Å². The van der Waals surface area contributed by atoms with Crippen molar-refractivity contribution in [2.75, 3.05) is 0 Å². The van der Waals surface area contributed by atoms with Crippen LogP contribution in [0.25, 0.3) is 21.8 Å². The number of halogens is 1. The van der Waals surface area contributed by atoms with E-state index in [9.17, 15) is 9.18 Å². The summed E-state index contributed by atoms with van der Waals surface area (Å²) in [4.78, 5) is 11.8. The molecule has 0 aliphatic heterocycles. The second kappa shape index (κ2) is 5.49. The van der Waals surface area contributed by atoms with Gasteiger partial charge in [-0.1, -0.05) is 36.4 Å². The fourth-order valence-corrected chi connectivity index (χ4v) is 3.18. The van der Waals surface area contributed by atoms with Crippen LogP contribution in [0, 0.1) is 11.9 Å². The molecule has 0 aliphatic carbocycles. The van der Waals surface area contributed by atoms with E-state index in [4.69, 9.17) is 5.73 Å². The zero-order valence-corrected chi connectivity index (χ0v) is 12.8. The van der Waals surface area contributed by atoms with E-state index in [0.29, 0.717) is 17.7 Å². The maximum atomic E-state index is 14.1. The first-order valence-electron chi connectivity index (χ1n) is 7.61. The van der Waals surface area contributed by atoms with E-state index in [1.54, 1.807) is 30.3 Å². The standard InChI is InChI=1S/C20H14FN2O/c21-16-9-3-1-6-13(16)12-23-17-10-4-2-7-14(17)19-15(20(22)24)8-5-11-18(19)23/h1-6,8-11H,12H2,(H2,22,24). The van der Waals surface area contributed by atoms with Crippen molar-refractivity contribution in [3.05, 3.63) is 83.7 Å². The second-order valence-corrected chi connectivity index (χ2v) is 5.67. The normalized spacial score (nSPS) is 11.2. The summed E-state index contributed by atoms with van der Waals surface area (Å²) in [6.45, 7) is 0.368. The van der Waals surface area contributed by atoms with E-state index < -0.39 is 5.91 Å². The fourth-order valence-electron chi connectivity index (χ4n) is 3.18. The Morgan fingerprint density at radius 3 is 2.62 bits per heavy atom. The molecule has 1 amide bonds. The lowest BCUT2D eigenvalue weighted by atomic mass is 10.1. The van der Waals surface area contributed by atoms with Gasteiger partial charge in [0, 0.05) is 21.9 Å². The Bertz CT molecular complexity index is 1080. The molecule has 0 aliphatic rings. The molecule has 0 atom stereocenters. The lowest BCUT2D eigenvalue weighted by molar-refractivity contribution is 0.100. The van der Waals surface area contributed by atoms with Crippen LogP contribution in [0.3, 0.4) is 0 Å². The predicted molar refractivity (Wildman–Crippen MR) is 92.3 cm³/mol. The second-order valence-electron chi connectivity index (χ2n) is 5.67. The molecule has 24 heavy (non-hydrogen) atoms. The first kappa shape index (κ1) is 14.5. The van der Waals surface area contributed by atoms with E-state index >= 15 is 0 Å². The number of hydrogen-bond acceptors (Lipinski definition) is 1. The molecule has 4 rings (SSSR count). The highest BCUT2D eigenvalue weighted by Gasteiger charge is 2.16. The number of nitrogens with zero attached hydrogens (tertiary/aromatic N) is 1. The highest BCUT2D eigenvalue weighted by molar-refractivity contribution is 6.17. The highest BCUT2D eigenvalue weighted by Crippen LogP contribution is 2.32. The number of aromatic nitrogens is 1. The third-order valence-electron chi connectivity index (χ3n) is 4.26. The van der Waals surface area contributed by atoms with E-state index in [1.165, 1.54) is 6.07 Å². The van der Waals surface area contributed by atoms with Gasteiger partial charge in [0.2, 0.25) is 5.91 Å². The Morgan fingerprint density at radius 2 is 1.83 bits per heavy atom. The number of amides is 1. The molecule has 1 radical (unpaired) electrons. The monoisotopic (exact) mass is 317 g/mol. The lowest BCUT2D eigenvalue weighted by Gasteiger charge is -2.09. The third kappa shape index (κ3) is 2.15. The topological polar surface area (TPSA) is 48.0 Å². The van der Waals surface area contributed by atoms with Crippen LogP contribution < -0.4 is 5.73 Å². The Morgan fingerprint density at radius 1 is 1.04 bits per heavy atom. The molecule has 3 nitrogen and oxygen atoms in total. The number of nitrogens with two attached hydrogens (primary N) is 1. The van der Waals surface area contributed by atoms with Crippen LogP contribution in [-0.2, 0) is 6.54 Å². The molecule has 0 saturated heterocycles. The van der Waals surface area contributed by atoms with E-state index in [1.807, 2.05) is 28.8 Å². The largest absolute Gasteiger partial charge is 0.366 e. The summed E-state index contributed by atoms with van der Waals surface area (Å²) < 4.78 is 16.1. The van der Waals surface area contributed by atoms with Crippen molar-refractivity contribution in [3.63, 3.8) is 0 Å². The number of carbonyl (C=O) groups excluding carboxylic acids is 1. The summed E-state index contributed by atoms with van der Waals surface area (Å²) >= 11 is 0. The Hall–Kier alpha value is -3.14. The minimum Gasteiger partial charge on any atom is -0.366 e. The summed E-state index contributed by atoms with van der Waals surface area (Å²) in [6, 6.07) is 20.9. The van der Waals surface area contributed by atoms with Gasteiger partial charge in [-0.2, -0.15) is 0 Å². The van der Waals surface area contributed by atoms with Crippen molar-refractivity contribution >= 4 is 27.7 Å². The van der Waals surface area contributed by atoms with Crippen molar-refractivity contribution in [1.82, 2.24) is 4.57 Å². The minimum atomic E-state index is -0.484. The maximum Gasteiger partial charge on any atom is 0.249 e. The van der Waals surface area contributed by atoms with Crippen molar-refractivity contribution < 1.29 is 9.18 Å². The van der Waals surface area contributed by atoms with Crippen LogP contribution in [-0.4, -0.2) is 10.5 Å². The molecular formula is C20H14FN2O. The van der Waals surface area contributed by atoms with Crippen molar-refractivity contribution in [2.45, 2.75) is 6.54 Å². The van der Waals surface area contributed by atoms with Crippen LogP contribution >= 0.6 is 0 Å². The summed E-state index contributed by atoms with van der Waals surface area (Å²) in [5.41, 5.74) is 8.31. The molecule has 3 aromatic carbocycles. The average molecular weight is 317 g/mol. The molecule has 0 bridgehead atoms. The molecule has 117 valence electrons. The van der Waals surface area contributed by atoms with Gasteiger partial charge in [-0.25, -0.2) is 4.39 Å². The molecule has 1 heterocycles. The van der Waals surface area contributed by atoms with Crippen molar-refractivity contribution in [3.8, 4) is 0 Å². The number of hydrogen-bond donors (Lipinski definition) is 1. The first-order valence-corrected chi connectivity index (χ1v) is 7.61. The predicted octanol–water partition coefficient (Wildman–Crippen LogP) is 3.88. The summed E-state index contributed by atoms with van der Waals surface area (Å²) in [7, 11) is 0. The fraction of sp³-hybridized carbons (Fsp3) is 0.0500. The Kier molecular flexibility index (Phi) is 3.31. The van der Waals surface area contributed by atoms with Gasteiger partial charge >= 0.3 is 0 Å². The molecule has 1 aromatic heterocycles. The van der Waals surface area contributed by atoms with Gasteiger partial charge in [-0.3, -0.25) is 4.79 Å². The number of fused-ring (bicyclic) bond motifs is 3. The first-order chi connectivity index (χ1) is 11.7. The van der Waals surface area contributed by atoms with Crippen molar-refractivity contribution in [2.24, 2.45) is 5.73 Å². The molecule has 0 saturated carbocycles. The summed E-state index contributed by atoms with van der Waals surface area (Å²) in [6.07, 6.45) is 0. The SMILES string of the molecule is NC(=O)c1cccc2c1c1[c]cccc1n2Cc1ccccc1F. The van der Waals surface area contributed by atoms with Crippen LogP contribution in [0.2, 0.25) is 0 Å². The molecule has 0 unspecified atom stereocenters. The Labute approximate surface area is 138 Å². The molecule has 2 N–H and O–H groups in total. The molecule has 4 aromatic rings. The molecular weight excluding hydrogens is 303 g/mol. The van der Waals surface area contributed by atoms with E-state index in [2.05, 4.69) is 6.07 Å².